The number of hydrogen-bond donors (Lipinski definition) is 3. The average Bonchev–Trinajstić information content (AvgIpc) is 3.40. The summed E-state index contributed by atoms with van der Waals surface area (Å²) < 4.78 is 39.9. The molecule has 1 aliphatic carbocycles. The first-order valence-electron chi connectivity index (χ1n) is 18.1. The van der Waals surface area contributed by atoms with E-state index in [-0.39, 0.29) is 30.7 Å². The largest absolute Gasteiger partial charge is 0.444 e. The van der Waals surface area contributed by atoms with Crippen LogP contribution in [0.3, 0.4) is 0 Å². The van der Waals surface area contributed by atoms with Crippen molar-refractivity contribution in [3.8, 4) is 0 Å². The Morgan fingerprint density at radius 1 is 0.943 bits per heavy atom. The second kappa shape index (κ2) is 15.2. The van der Waals surface area contributed by atoms with Gasteiger partial charge >= 0.3 is 12.2 Å². The van der Waals surface area contributed by atoms with Gasteiger partial charge < -0.3 is 25.0 Å². The topological polar surface area (TPSA) is 181 Å². The zero-order chi connectivity index (χ0) is 38.0. The molecule has 15 heteroatoms. The van der Waals surface area contributed by atoms with Gasteiger partial charge in [-0.3, -0.25) is 19.3 Å². The highest BCUT2D eigenvalue weighted by molar-refractivity contribution is 7.90. The van der Waals surface area contributed by atoms with E-state index in [9.17, 15) is 32.4 Å². The molecule has 284 valence electrons. The SMILES string of the molecule is CC(C)(C)OC(=O)N[C@@H]1CCCCCC=C[C@@H]2C[C@@]2(C(=O)NS(=O)(=O)c2ccccc2)NC(=O)[C@@H]2C[C@@H](OC(=O)N3Cc4ccccc4C3)CN2C1=O. The summed E-state index contributed by atoms with van der Waals surface area (Å²) in [5.41, 5.74) is -0.428. The molecule has 0 unspecified atom stereocenters. The molecule has 2 fully saturated rings. The minimum atomic E-state index is -4.27. The molecule has 1 saturated heterocycles. The first-order valence-corrected chi connectivity index (χ1v) is 19.6. The van der Waals surface area contributed by atoms with Gasteiger partial charge in [-0.1, -0.05) is 67.5 Å². The molecule has 53 heavy (non-hydrogen) atoms. The van der Waals surface area contributed by atoms with E-state index in [4.69, 9.17) is 9.47 Å². The summed E-state index contributed by atoms with van der Waals surface area (Å²) in [5.74, 6) is -2.67. The van der Waals surface area contributed by atoms with E-state index in [2.05, 4.69) is 15.4 Å². The molecule has 1 saturated carbocycles. The Labute approximate surface area is 309 Å². The highest BCUT2D eigenvalue weighted by atomic mass is 32.2. The van der Waals surface area contributed by atoms with Gasteiger partial charge in [0.15, 0.2) is 0 Å². The first-order chi connectivity index (χ1) is 25.1. The lowest BCUT2D eigenvalue weighted by Crippen LogP contribution is -2.58. The number of allylic oxidation sites excluding steroid dienone is 1. The molecule has 3 heterocycles. The molecule has 5 atom stereocenters. The van der Waals surface area contributed by atoms with Crippen LogP contribution in [0.2, 0.25) is 0 Å². The van der Waals surface area contributed by atoms with Crippen LogP contribution in [0.15, 0.2) is 71.6 Å². The van der Waals surface area contributed by atoms with Crippen molar-refractivity contribution in [2.24, 2.45) is 5.92 Å². The zero-order valence-electron chi connectivity index (χ0n) is 30.2. The number of hydrogen-bond acceptors (Lipinski definition) is 9. The summed E-state index contributed by atoms with van der Waals surface area (Å²) in [4.78, 5) is 71.5. The summed E-state index contributed by atoms with van der Waals surface area (Å²) >= 11 is 0. The molecular formula is C38H47N5O9S. The van der Waals surface area contributed by atoms with E-state index in [1.54, 1.807) is 31.7 Å². The minimum absolute atomic E-state index is 0.0796. The fraction of sp³-hybridized carbons (Fsp3) is 0.500. The number of ether oxygens (including phenoxy) is 2. The summed E-state index contributed by atoms with van der Waals surface area (Å²) in [5, 5.41) is 5.50. The molecule has 14 nitrogen and oxygen atoms in total. The number of nitrogens with one attached hydrogen (secondary N) is 3. The van der Waals surface area contributed by atoms with Crippen LogP contribution < -0.4 is 15.4 Å². The predicted octanol–water partition coefficient (Wildman–Crippen LogP) is 3.90. The first kappa shape index (κ1) is 37.8. The van der Waals surface area contributed by atoms with Crippen molar-refractivity contribution in [2.75, 3.05) is 6.54 Å². The Bertz CT molecular complexity index is 1850. The van der Waals surface area contributed by atoms with E-state index in [1.165, 1.54) is 29.2 Å². The quantitative estimate of drug-likeness (QED) is 0.382. The van der Waals surface area contributed by atoms with Crippen molar-refractivity contribution in [3.63, 3.8) is 0 Å². The van der Waals surface area contributed by atoms with Crippen molar-refractivity contribution in [2.45, 2.75) is 113 Å². The fourth-order valence-electron chi connectivity index (χ4n) is 7.17. The van der Waals surface area contributed by atoms with Gasteiger partial charge in [0, 0.05) is 25.4 Å². The maximum absolute atomic E-state index is 14.4. The summed E-state index contributed by atoms with van der Waals surface area (Å²) in [7, 11) is -4.27. The highest BCUT2D eigenvalue weighted by Gasteiger charge is 2.61. The Morgan fingerprint density at radius 2 is 1.62 bits per heavy atom. The second-order valence-electron chi connectivity index (χ2n) is 15.2. The lowest BCUT2D eigenvalue weighted by molar-refractivity contribution is -0.141. The number of benzene rings is 2. The fourth-order valence-corrected chi connectivity index (χ4v) is 8.23. The van der Waals surface area contributed by atoms with Crippen LogP contribution in [-0.4, -0.2) is 84.0 Å². The number of alkyl carbamates (subject to hydrolysis) is 1. The van der Waals surface area contributed by atoms with Crippen LogP contribution in [0, 0.1) is 5.92 Å². The van der Waals surface area contributed by atoms with Gasteiger partial charge in [-0.15, -0.1) is 0 Å². The van der Waals surface area contributed by atoms with Crippen LogP contribution in [-0.2, 0) is 47.0 Å². The van der Waals surface area contributed by atoms with Crippen molar-refractivity contribution in [1.29, 1.82) is 0 Å². The molecule has 3 N–H and O–H groups in total. The second-order valence-corrected chi connectivity index (χ2v) is 16.8. The standard InChI is InChI=1S/C38H47N5O9S/c1-37(2,3)52-35(47)39-30-19-11-6-4-5-8-16-27-21-38(27,34(46)41-53(49,50)29-17-9-7-10-18-29)40-32(44)31-20-28(24-43(31)33(30)45)51-36(48)42-22-25-14-12-13-15-26(25)23-42/h7-10,12-18,27-28,30-31H,4-6,11,19-24H2,1-3H3,(H,39,47)(H,40,44)(H,41,46)/t27-,28-,30-,31+,38-/m1/s1. The van der Waals surface area contributed by atoms with Gasteiger partial charge in [0.05, 0.1) is 11.4 Å². The smallest absolute Gasteiger partial charge is 0.410 e. The number of fused-ring (bicyclic) bond motifs is 3. The van der Waals surface area contributed by atoms with Gasteiger partial charge in [0.1, 0.15) is 29.3 Å². The molecule has 4 aliphatic rings. The molecule has 2 aromatic carbocycles. The van der Waals surface area contributed by atoms with Crippen molar-refractivity contribution in [1.82, 2.24) is 25.2 Å². The van der Waals surface area contributed by atoms with Crippen LogP contribution in [0.25, 0.3) is 0 Å². The summed E-state index contributed by atoms with van der Waals surface area (Å²) in [6.45, 7) is 5.70. The third-order valence-corrected chi connectivity index (χ3v) is 11.3. The van der Waals surface area contributed by atoms with Crippen molar-refractivity contribution in [3.05, 3.63) is 77.9 Å². The Hall–Kier alpha value is -4.92. The van der Waals surface area contributed by atoms with Gasteiger partial charge in [0.25, 0.3) is 15.9 Å². The Morgan fingerprint density at radius 3 is 2.30 bits per heavy atom. The van der Waals surface area contributed by atoms with Crippen LogP contribution >= 0.6 is 0 Å². The van der Waals surface area contributed by atoms with Crippen molar-refractivity contribution < 1.29 is 41.9 Å². The molecule has 6 rings (SSSR count). The van der Waals surface area contributed by atoms with E-state index >= 15 is 0 Å². The maximum Gasteiger partial charge on any atom is 0.410 e. The lowest BCUT2D eigenvalue weighted by atomic mass is 10.0. The lowest BCUT2D eigenvalue weighted by Gasteiger charge is -2.30. The monoisotopic (exact) mass is 749 g/mol. The van der Waals surface area contributed by atoms with Gasteiger partial charge in [-0.05, 0) is 69.7 Å². The summed E-state index contributed by atoms with van der Waals surface area (Å²) in [6.07, 6.45) is 4.53. The number of carbonyl (C=O) groups excluding carboxylic acids is 5. The molecule has 0 spiro atoms. The number of amides is 5. The van der Waals surface area contributed by atoms with E-state index in [0.29, 0.717) is 25.9 Å². The number of carbonyl (C=O) groups is 5. The molecule has 3 aliphatic heterocycles. The third kappa shape index (κ3) is 8.83. The molecule has 0 bridgehead atoms. The number of nitrogens with zero attached hydrogens (tertiary/aromatic N) is 2. The Balaban J connectivity index is 1.26. The molecule has 5 amide bonds. The maximum atomic E-state index is 14.4. The third-order valence-electron chi connectivity index (χ3n) is 9.98. The predicted molar refractivity (Wildman–Crippen MR) is 192 cm³/mol. The number of sulfonamides is 1. The molecular weight excluding hydrogens is 703 g/mol. The molecule has 0 radical (unpaired) electrons. The molecule has 0 aromatic heterocycles. The summed E-state index contributed by atoms with van der Waals surface area (Å²) in [6, 6.07) is 12.9. The van der Waals surface area contributed by atoms with Gasteiger partial charge in [0.2, 0.25) is 11.8 Å². The van der Waals surface area contributed by atoms with Gasteiger partial charge in [-0.25, -0.2) is 22.7 Å². The van der Waals surface area contributed by atoms with Gasteiger partial charge in [-0.2, -0.15) is 0 Å². The van der Waals surface area contributed by atoms with Crippen LogP contribution in [0.1, 0.15) is 76.8 Å². The van der Waals surface area contributed by atoms with E-state index < -0.39 is 75.2 Å². The molecule has 2 aromatic rings. The van der Waals surface area contributed by atoms with E-state index in [1.807, 2.05) is 36.4 Å². The number of rotatable bonds is 5. The van der Waals surface area contributed by atoms with E-state index in [0.717, 1.165) is 24.0 Å². The van der Waals surface area contributed by atoms with Crippen molar-refractivity contribution >= 4 is 39.9 Å². The average molecular weight is 750 g/mol. The van der Waals surface area contributed by atoms with Crippen LogP contribution in [0.5, 0.6) is 0 Å². The van der Waals surface area contributed by atoms with Crippen LogP contribution in [0.4, 0.5) is 9.59 Å². The zero-order valence-corrected chi connectivity index (χ0v) is 31.0. The normalized spacial score (nSPS) is 26.2. The highest BCUT2D eigenvalue weighted by Crippen LogP contribution is 2.46. The Kier molecular flexibility index (Phi) is 10.9. The minimum Gasteiger partial charge on any atom is -0.444 e.